The predicted octanol–water partition coefficient (Wildman–Crippen LogP) is 3.55. The first-order valence-corrected chi connectivity index (χ1v) is 8.39. The van der Waals surface area contributed by atoms with E-state index in [-0.39, 0.29) is 23.0 Å². The zero-order valence-electron chi connectivity index (χ0n) is 14.1. The van der Waals surface area contributed by atoms with E-state index in [0.29, 0.717) is 10.8 Å². The maximum atomic E-state index is 12.0. The SMILES string of the molecule is Cc1cc(OCC(=O)NC(=S)Nc2ccccc2C(=O)O)cc(C)c1Cl. The third-order valence-corrected chi connectivity index (χ3v) is 4.24. The minimum atomic E-state index is -1.10. The molecule has 2 rings (SSSR count). The van der Waals surface area contributed by atoms with E-state index in [4.69, 9.17) is 33.7 Å². The Balaban J connectivity index is 1.92. The number of para-hydroxylation sites is 1. The first-order valence-electron chi connectivity index (χ1n) is 7.60. The number of carboxylic acids is 1. The van der Waals surface area contributed by atoms with Crippen LogP contribution >= 0.6 is 23.8 Å². The van der Waals surface area contributed by atoms with Crippen molar-refractivity contribution in [2.75, 3.05) is 11.9 Å². The first kappa shape index (κ1) is 19.7. The van der Waals surface area contributed by atoms with Crippen LogP contribution in [-0.4, -0.2) is 28.7 Å². The molecule has 0 aliphatic heterocycles. The number of rotatable bonds is 5. The van der Waals surface area contributed by atoms with E-state index in [1.165, 1.54) is 6.07 Å². The average Bonchev–Trinajstić information content (AvgIpc) is 2.57. The summed E-state index contributed by atoms with van der Waals surface area (Å²) in [4.78, 5) is 23.1. The lowest BCUT2D eigenvalue weighted by Gasteiger charge is -2.13. The lowest BCUT2D eigenvalue weighted by molar-refractivity contribution is -0.121. The van der Waals surface area contributed by atoms with Gasteiger partial charge in [-0.1, -0.05) is 23.7 Å². The lowest BCUT2D eigenvalue weighted by Crippen LogP contribution is -2.37. The van der Waals surface area contributed by atoms with Crippen LogP contribution in [0.1, 0.15) is 21.5 Å². The number of benzene rings is 2. The van der Waals surface area contributed by atoms with Gasteiger partial charge >= 0.3 is 5.97 Å². The number of amides is 1. The van der Waals surface area contributed by atoms with Crippen LogP contribution in [-0.2, 0) is 4.79 Å². The Bertz CT molecular complexity index is 847. The zero-order valence-corrected chi connectivity index (χ0v) is 15.7. The van der Waals surface area contributed by atoms with Crippen molar-refractivity contribution in [1.29, 1.82) is 0 Å². The van der Waals surface area contributed by atoms with Crippen molar-refractivity contribution >= 4 is 46.5 Å². The summed E-state index contributed by atoms with van der Waals surface area (Å²) in [5.74, 6) is -1.05. The van der Waals surface area contributed by atoms with Crippen molar-refractivity contribution < 1.29 is 19.4 Å². The fraction of sp³-hybridized carbons (Fsp3) is 0.167. The number of carbonyl (C=O) groups excluding carboxylic acids is 1. The summed E-state index contributed by atoms with van der Waals surface area (Å²) >= 11 is 11.1. The van der Waals surface area contributed by atoms with Crippen molar-refractivity contribution in [1.82, 2.24) is 5.32 Å². The summed E-state index contributed by atoms with van der Waals surface area (Å²) in [6.45, 7) is 3.45. The Morgan fingerprint density at radius 2 is 1.81 bits per heavy atom. The molecular weight excluding hydrogens is 376 g/mol. The number of hydrogen-bond acceptors (Lipinski definition) is 4. The Kier molecular flexibility index (Phi) is 6.54. The molecule has 2 aromatic rings. The zero-order chi connectivity index (χ0) is 19.3. The smallest absolute Gasteiger partial charge is 0.337 e. The molecule has 0 saturated heterocycles. The Hall–Kier alpha value is -2.64. The molecule has 0 aromatic heterocycles. The van der Waals surface area contributed by atoms with E-state index in [2.05, 4.69) is 10.6 Å². The quantitative estimate of drug-likeness (QED) is 0.674. The second kappa shape index (κ2) is 8.64. The van der Waals surface area contributed by atoms with Gasteiger partial charge in [0.15, 0.2) is 11.7 Å². The van der Waals surface area contributed by atoms with Gasteiger partial charge < -0.3 is 15.2 Å². The van der Waals surface area contributed by atoms with Crippen LogP contribution in [0.4, 0.5) is 5.69 Å². The van der Waals surface area contributed by atoms with Crippen molar-refractivity contribution in [2.24, 2.45) is 0 Å². The van der Waals surface area contributed by atoms with Crippen LogP contribution < -0.4 is 15.4 Å². The molecule has 26 heavy (non-hydrogen) atoms. The van der Waals surface area contributed by atoms with Crippen molar-refractivity contribution in [3.63, 3.8) is 0 Å². The first-order chi connectivity index (χ1) is 12.3. The van der Waals surface area contributed by atoms with E-state index >= 15 is 0 Å². The van der Waals surface area contributed by atoms with Gasteiger partial charge in [-0.3, -0.25) is 10.1 Å². The highest BCUT2D eigenvalue weighted by molar-refractivity contribution is 7.80. The van der Waals surface area contributed by atoms with E-state index in [9.17, 15) is 9.59 Å². The largest absolute Gasteiger partial charge is 0.484 e. The molecule has 0 saturated carbocycles. The second-order valence-electron chi connectivity index (χ2n) is 5.51. The molecule has 0 heterocycles. The molecule has 0 fully saturated rings. The van der Waals surface area contributed by atoms with Crippen molar-refractivity contribution in [2.45, 2.75) is 13.8 Å². The van der Waals surface area contributed by atoms with Gasteiger partial charge in [0, 0.05) is 5.02 Å². The molecule has 1 amide bonds. The highest BCUT2D eigenvalue weighted by atomic mass is 35.5. The number of aryl methyl sites for hydroxylation is 2. The number of thiocarbonyl (C=S) groups is 1. The topological polar surface area (TPSA) is 87.7 Å². The number of carboxylic acid groups (broad SMARTS) is 1. The maximum absolute atomic E-state index is 12.0. The van der Waals surface area contributed by atoms with Gasteiger partial charge in [0.25, 0.3) is 5.91 Å². The van der Waals surface area contributed by atoms with Crippen LogP contribution in [0.3, 0.4) is 0 Å². The minimum absolute atomic E-state index is 0.0178. The summed E-state index contributed by atoms with van der Waals surface area (Å²) in [6.07, 6.45) is 0. The van der Waals surface area contributed by atoms with Crippen LogP contribution in [0.25, 0.3) is 0 Å². The number of hydrogen-bond donors (Lipinski definition) is 3. The van der Waals surface area contributed by atoms with Crippen molar-refractivity contribution in [3.05, 3.63) is 58.1 Å². The molecule has 2 aromatic carbocycles. The standard InChI is InChI=1S/C18H17ClN2O4S/c1-10-7-12(8-11(2)16(10)19)25-9-15(22)21-18(26)20-14-6-4-3-5-13(14)17(23)24/h3-8H,9H2,1-2H3,(H,23,24)(H2,20,21,22,26). The summed E-state index contributed by atoms with van der Waals surface area (Å²) in [6, 6.07) is 9.72. The van der Waals surface area contributed by atoms with E-state index < -0.39 is 11.9 Å². The monoisotopic (exact) mass is 392 g/mol. The molecule has 0 aliphatic rings. The van der Waals surface area contributed by atoms with Gasteiger partial charge in [0.2, 0.25) is 0 Å². The summed E-state index contributed by atoms with van der Waals surface area (Å²) in [7, 11) is 0. The molecule has 0 atom stereocenters. The highest BCUT2D eigenvalue weighted by Crippen LogP contribution is 2.25. The van der Waals surface area contributed by atoms with Crippen LogP contribution in [0.5, 0.6) is 5.75 Å². The number of nitrogens with one attached hydrogen (secondary N) is 2. The molecule has 0 radical (unpaired) electrons. The Morgan fingerprint density at radius 3 is 2.42 bits per heavy atom. The van der Waals surface area contributed by atoms with Crippen LogP contribution in [0, 0.1) is 13.8 Å². The summed E-state index contributed by atoms with van der Waals surface area (Å²) in [5, 5.41) is 14.9. The Morgan fingerprint density at radius 1 is 1.19 bits per heavy atom. The molecule has 0 aliphatic carbocycles. The fourth-order valence-electron chi connectivity index (χ4n) is 2.23. The molecule has 0 spiro atoms. The van der Waals surface area contributed by atoms with Gasteiger partial charge in [-0.2, -0.15) is 0 Å². The summed E-state index contributed by atoms with van der Waals surface area (Å²) in [5.41, 5.74) is 2.04. The van der Waals surface area contributed by atoms with Gasteiger partial charge in [-0.25, -0.2) is 4.79 Å². The van der Waals surface area contributed by atoms with Crippen LogP contribution in [0.15, 0.2) is 36.4 Å². The molecule has 136 valence electrons. The van der Waals surface area contributed by atoms with E-state index in [1.54, 1.807) is 30.3 Å². The molecule has 6 nitrogen and oxygen atoms in total. The van der Waals surface area contributed by atoms with Gasteiger partial charge in [0.1, 0.15) is 5.75 Å². The van der Waals surface area contributed by atoms with Crippen LogP contribution in [0.2, 0.25) is 5.02 Å². The normalized spacial score (nSPS) is 10.1. The minimum Gasteiger partial charge on any atom is -0.484 e. The highest BCUT2D eigenvalue weighted by Gasteiger charge is 2.12. The fourth-order valence-corrected chi connectivity index (χ4v) is 2.57. The maximum Gasteiger partial charge on any atom is 0.337 e. The van der Waals surface area contributed by atoms with Gasteiger partial charge in [-0.15, -0.1) is 0 Å². The third-order valence-electron chi connectivity index (χ3n) is 3.44. The van der Waals surface area contributed by atoms with Crippen molar-refractivity contribution in [3.8, 4) is 5.75 Å². The summed E-state index contributed by atoms with van der Waals surface area (Å²) < 4.78 is 5.45. The van der Waals surface area contributed by atoms with Gasteiger partial charge in [-0.05, 0) is 61.5 Å². The second-order valence-corrected chi connectivity index (χ2v) is 6.30. The number of halogens is 1. The number of aromatic carboxylic acids is 1. The molecule has 8 heteroatoms. The van der Waals surface area contributed by atoms with Gasteiger partial charge in [0.05, 0.1) is 11.3 Å². The molecule has 0 bridgehead atoms. The average molecular weight is 393 g/mol. The molecule has 3 N–H and O–H groups in total. The number of anilines is 1. The Labute approximate surface area is 161 Å². The van der Waals surface area contributed by atoms with E-state index in [0.717, 1.165) is 11.1 Å². The van der Waals surface area contributed by atoms with E-state index in [1.807, 2.05) is 13.8 Å². The number of carbonyl (C=O) groups is 2. The third kappa shape index (κ3) is 5.18. The molecular formula is C18H17ClN2O4S. The molecule has 0 unspecified atom stereocenters. The number of ether oxygens (including phenoxy) is 1. The lowest BCUT2D eigenvalue weighted by atomic mass is 10.1. The predicted molar refractivity (Wildman–Crippen MR) is 104 cm³/mol.